The number of carbonyl (C=O) groups excluding carboxylic acids is 2. The van der Waals surface area contributed by atoms with Gasteiger partial charge < -0.3 is 24.8 Å². The average Bonchev–Trinajstić information content (AvgIpc) is 2.39. The van der Waals surface area contributed by atoms with Gasteiger partial charge in [0.2, 0.25) is 5.91 Å². The lowest BCUT2D eigenvalue weighted by molar-refractivity contribution is -0.119. The topological polar surface area (TPSA) is 105 Å². The molecule has 0 radical (unpaired) electrons. The Hall–Kier alpha value is -2.22. The number of rotatable bonds is 3. The van der Waals surface area contributed by atoms with Crippen LogP contribution in [0, 0.1) is 0 Å². The van der Waals surface area contributed by atoms with Gasteiger partial charge in [-0.1, -0.05) is 0 Å². The van der Waals surface area contributed by atoms with Crippen molar-refractivity contribution in [2.24, 2.45) is 0 Å². The average molecular weight is 293 g/mol. The van der Waals surface area contributed by atoms with Crippen molar-refractivity contribution in [1.82, 2.24) is 5.32 Å². The lowest BCUT2D eigenvalue weighted by Crippen LogP contribution is -2.52. The number of esters is 1. The molecule has 8 heteroatoms. The van der Waals surface area contributed by atoms with Gasteiger partial charge in [0.25, 0.3) is 0 Å². The van der Waals surface area contributed by atoms with E-state index in [1.807, 2.05) is 0 Å². The molecular formula is C13H16BNO6. The Morgan fingerprint density at radius 2 is 2.24 bits per heavy atom. The van der Waals surface area contributed by atoms with Gasteiger partial charge in [-0.25, -0.2) is 4.79 Å². The van der Waals surface area contributed by atoms with Gasteiger partial charge in [-0.05, 0) is 31.0 Å². The van der Waals surface area contributed by atoms with Crippen LogP contribution in [0.1, 0.15) is 29.8 Å². The van der Waals surface area contributed by atoms with Gasteiger partial charge in [-0.15, -0.1) is 0 Å². The number of aromatic hydroxyl groups is 1. The first-order chi connectivity index (χ1) is 9.92. The summed E-state index contributed by atoms with van der Waals surface area (Å²) in [7, 11) is -1.28. The predicted octanol–water partition coefficient (Wildman–Crippen LogP) is 0.0282. The van der Waals surface area contributed by atoms with E-state index < -0.39 is 19.0 Å². The van der Waals surface area contributed by atoms with E-state index in [0.29, 0.717) is 5.56 Å². The largest absolute Gasteiger partial charge is 0.547 e. The molecule has 1 heterocycles. The fourth-order valence-corrected chi connectivity index (χ4v) is 2.25. The van der Waals surface area contributed by atoms with Gasteiger partial charge in [-0.3, -0.25) is 4.79 Å². The molecule has 0 fully saturated rings. The normalized spacial score (nSPS) is 16.7. The summed E-state index contributed by atoms with van der Waals surface area (Å²) in [6, 6.07) is 2.65. The number of hydrogen-bond donors (Lipinski definition) is 3. The van der Waals surface area contributed by atoms with Crippen LogP contribution in [-0.2, 0) is 16.0 Å². The van der Waals surface area contributed by atoms with E-state index in [2.05, 4.69) is 5.32 Å². The summed E-state index contributed by atoms with van der Waals surface area (Å²) in [4.78, 5) is 23.0. The van der Waals surface area contributed by atoms with Gasteiger partial charge in [0.1, 0.15) is 17.1 Å². The maximum Gasteiger partial charge on any atom is 0.547 e. The van der Waals surface area contributed by atoms with Crippen LogP contribution >= 0.6 is 0 Å². The molecule has 0 saturated carbocycles. The number of hydrogen-bond acceptors (Lipinski definition) is 6. The smallest absolute Gasteiger partial charge is 0.534 e. The quantitative estimate of drug-likeness (QED) is 0.536. The van der Waals surface area contributed by atoms with Crippen LogP contribution in [0.4, 0.5) is 0 Å². The summed E-state index contributed by atoms with van der Waals surface area (Å²) in [5.41, 5.74) is 0.564. The molecule has 1 unspecified atom stereocenters. The molecule has 0 aliphatic carbocycles. The minimum Gasteiger partial charge on any atom is -0.534 e. The van der Waals surface area contributed by atoms with E-state index in [4.69, 9.17) is 9.39 Å². The standard InChI is InChI=1S/C13H16BNO6/c1-3-20-13(18)10-6-9(17)4-8-5-11(15-7(2)16)14(19)21-12(8)10/h4,6,11,17,19H,3,5H2,1-2H3,(H,15,16). The van der Waals surface area contributed by atoms with E-state index in [1.165, 1.54) is 19.1 Å². The Bertz CT molecular complexity index is 576. The van der Waals surface area contributed by atoms with Gasteiger partial charge in [0.05, 0.1) is 12.5 Å². The second-order valence-corrected chi connectivity index (χ2v) is 4.72. The highest BCUT2D eigenvalue weighted by Crippen LogP contribution is 2.34. The molecule has 21 heavy (non-hydrogen) atoms. The molecule has 1 aliphatic rings. The number of phenolic OH excluding ortho intramolecular Hbond substituents is 1. The van der Waals surface area contributed by atoms with Crippen molar-refractivity contribution in [3.05, 3.63) is 23.3 Å². The summed E-state index contributed by atoms with van der Waals surface area (Å²) in [5.74, 6) is -1.54. The number of nitrogens with one attached hydrogen (secondary N) is 1. The molecule has 0 bridgehead atoms. The molecular weight excluding hydrogens is 277 g/mol. The zero-order valence-corrected chi connectivity index (χ0v) is 11.8. The van der Waals surface area contributed by atoms with Gasteiger partial charge in [-0.2, -0.15) is 0 Å². The van der Waals surface area contributed by atoms with E-state index >= 15 is 0 Å². The number of phenols is 1. The highest BCUT2D eigenvalue weighted by Gasteiger charge is 2.37. The maximum absolute atomic E-state index is 11.9. The first-order valence-corrected chi connectivity index (χ1v) is 6.57. The van der Waals surface area contributed by atoms with Crippen LogP contribution < -0.4 is 9.97 Å². The lowest BCUT2D eigenvalue weighted by Gasteiger charge is -2.29. The Morgan fingerprint density at radius 1 is 1.52 bits per heavy atom. The molecule has 0 aromatic heterocycles. The number of carbonyl (C=O) groups is 2. The molecule has 3 N–H and O–H groups in total. The van der Waals surface area contributed by atoms with Crippen molar-refractivity contribution in [3.63, 3.8) is 0 Å². The van der Waals surface area contributed by atoms with Crippen LogP contribution in [-0.4, -0.2) is 41.7 Å². The van der Waals surface area contributed by atoms with Crippen LogP contribution in [0.3, 0.4) is 0 Å². The first kappa shape index (κ1) is 15.2. The maximum atomic E-state index is 11.9. The summed E-state index contributed by atoms with van der Waals surface area (Å²) < 4.78 is 10.2. The highest BCUT2D eigenvalue weighted by atomic mass is 16.5. The molecule has 2 rings (SSSR count). The fraction of sp³-hybridized carbons (Fsp3) is 0.385. The van der Waals surface area contributed by atoms with Crippen LogP contribution in [0.2, 0.25) is 0 Å². The number of benzene rings is 1. The van der Waals surface area contributed by atoms with E-state index in [9.17, 15) is 19.7 Å². The van der Waals surface area contributed by atoms with Crippen LogP contribution in [0.15, 0.2) is 12.1 Å². The second-order valence-electron chi connectivity index (χ2n) is 4.72. The van der Waals surface area contributed by atoms with Crippen LogP contribution in [0.5, 0.6) is 11.5 Å². The number of fused-ring (bicyclic) bond motifs is 1. The summed E-state index contributed by atoms with van der Waals surface area (Å²) in [6.07, 6.45) is 0.233. The molecule has 1 aromatic carbocycles. The van der Waals surface area contributed by atoms with Gasteiger partial charge >= 0.3 is 13.1 Å². The Kier molecular flexibility index (Phi) is 4.37. The van der Waals surface area contributed by atoms with E-state index in [-0.39, 0.29) is 36.0 Å². The fourth-order valence-electron chi connectivity index (χ4n) is 2.25. The number of ether oxygens (including phenoxy) is 1. The third-order valence-electron chi connectivity index (χ3n) is 3.06. The number of amides is 1. The third-order valence-corrected chi connectivity index (χ3v) is 3.06. The van der Waals surface area contributed by atoms with Crippen molar-refractivity contribution in [2.45, 2.75) is 26.2 Å². The molecule has 0 spiro atoms. The van der Waals surface area contributed by atoms with Gasteiger partial charge in [0.15, 0.2) is 0 Å². The Morgan fingerprint density at radius 3 is 2.86 bits per heavy atom. The molecule has 7 nitrogen and oxygen atoms in total. The Balaban J connectivity index is 2.37. The molecule has 112 valence electrons. The zero-order valence-electron chi connectivity index (χ0n) is 11.8. The van der Waals surface area contributed by atoms with Crippen LogP contribution in [0.25, 0.3) is 0 Å². The Labute approximate surface area is 122 Å². The summed E-state index contributed by atoms with van der Waals surface area (Å²) in [5, 5.41) is 22.2. The molecule has 1 aromatic rings. The van der Waals surface area contributed by atoms with E-state index in [1.54, 1.807) is 6.92 Å². The van der Waals surface area contributed by atoms with Crippen molar-refractivity contribution in [3.8, 4) is 11.5 Å². The van der Waals surface area contributed by atoms with Crippen molar-refractivity contribution < 1.29 is 29.1 Å². The first-order valence-electron chi connectivity index (χ1n) is 6.57. The predicted molar refractivity (Wildman–Crippen MR) is 74.0 cm³/mol. The minimum absolute atomic E-state index is 0.0483. The van der Waals surface area contributed by atoms with Crippen molar-refractivity contribution >= 4 is 19.0 Å². The molecule has 1 atom stereocenters. The highest BCUT2D eigenvalue weighted by molar-refractivity contribution is 6.47. The minimum atomic E-state index is -1.28. The SMILES string of the molecule is CCOC(=O)c1cc(O)cc2c1OB(O)C(NC(C)=O)C2. The zero-order chi connectivity index (χ0) is 15.6. The summed E-state index contributed by atoms with van der Waals surface area (Å²) in [6.45, 7) is 3.17. The third kappa shape index (κ3) is 3.27. The molecule has 1 aliphatic heterocycles. The van der Waals surface area contributed by atoms with Crippen molar-refractivity contribution in [1.29, 1.82) is 0 Å². The van der Waals surface area contributed by atoms with Gasteiger partial charge in [0, 0.05) is 6.92 Å². The van der Waals surface area contributed by atoms with E-state index in [0.717, 1.165) is 0 Å². The molecule has 1 amide bonds. The molecule has 0 saturated heterocycles. The van der Waals surface area contributed by atoms with Crippen molar-refractivity contribution in [2.75, 3.05) is 6.61 Å². The lowest BCUT2D eigenvalue weighted by atomic mass is 9.72. The summed E-state index contributed by atoms with van der Waals surface area (Å²) >= 11 is 0. The second kappa shape index (κ2) is 6.05. The monoisotopic (exact) mass is 293 g/mol.